The van der Waals surface area contributed by atoms with E-state index in [-0.39, 0.29) is 0 Å². The molecule has 0 aromatic heterocycles. The van der Waals surface area contributed by atoms with Crippen LogP contribution in [0.15, 0.2) is 4.40 Å². The summed E-state index contributed by atoms with van der Waals surface area (Å²) in [6.45, 7) is 1.08. The number of rotatable bonds is 2. The van der Waals surface area contributed by atoms with Crippen LogP contribution in [-0.2, 0) is 10.0 Å². The van der Waals surface area contributed by atoms with Gasteiger partial charge in [-0.25, -0.2) is 0 Å². The van der Waals surface area contributed by atoms with Gasteiger partial charge < -0.3 is 10.0 Å². The van der Waals surface area contributed by atoms with Crippen LogP contribution in [0, 0.1) is 5.92 Å². The zero-order valence-electron chi connectivity index (χ0n) is 9.07. The second-order valence-corrected chi connectivity index (χ2v) is 5.52. The van der Waals surface area contributed by atoms with Gasteiger partial charge in [-0.3, -0.25) is 0 Å². The lowest BCUT2D eigenvalue weighted by atomic mass is 9.97. The largest absolute Gasteiger partial charge is 0.861 e. The quantitative estimate of drug-likeness (QED) is 0.522. The molecule has 0 aromatic carbocycles. The summed E-state index contributed by atoms with van der Waals surface area (Å²) < 4.78 is 59.6. The van der Waals surface area contributed by atoms with Crippen LogP contribution >= 0.6 is 0 Å². The predicted octanol–water partition coefficient (Wildman–Crippen LogP) is -0.0634. The van der Waals surface area contributed by atoms with Crippen LogP contribution in [0.1, 0.15) is 12.8 Å². The van der Waals surface area contributed by atoms with Crippen LogP contribution in [0.3, 0.4) is 0 Å². The fourth-order valence-corrected chi connectivity index (χ4v) is 1.99. The van der Waals surface area contributed by atoms with E-state index in [0.717, 1.165) is 0 Å². The lowest BCUT2D eigenvalue weighted by Crippen LogP contribution is -2.39. The van der Waals surface area contributed by atoms with E-state index in [1.54, 1.807) is 0 Å². The van der Waals surface area contributed by atoms with Crippen LogP contribution in [-0.4, -0.2) is 44.9 Å². The Labute approximate surface area is 97.0 Å². The summed E-state index contributed by atoms with van der Waals surface area (Å²) in [6.07, 6.45) is 0.651. The van der Waals surface area contributed by atoms with Gasteiger partial charge in [-0.2, -0.15) is 26.0 Å². The Morgan fingerprint density at radius 3 is 2.24 bits per heavy atom. The van der Waals surface area contributed by atoms with E-state index < -0.39 is 27.3 Å². The van der Waals surface area contributed by atoms with Crippen LogP contribution < -0.4 is 5.11 Å². The molecular formula is C8H12F3N2O3S-. The number of piperidine rings is 1. The molecule has 1 aliphatic heterocycles. The molecule has 9 heteroatoms. The van der Waals surface area contributed by atoms with Crippen molar-refractivity contribution in [3.05, 3.63) is 0 Å². The molecular weight excluding hydrogens is 261 g/mol. The normalized spacial score (nSPS) is 21.8. The van der Waals surface area contributed by atoms with Gasteiger partial charge in [0.25, 0.3) is 0 Å². The van der Waals surface area contributed by atoms with Crippen molar-refractivity contribution in [1.82, 2.24) is 4.90 Å². The van der Waals surface area contributed by atoms with Gasteiger partial charge >= 0.3 is 15.5 Å². The topological polar surface area (TPSA) is 72.8 Å². The number of halogens is 3. The molecule has 0 unspecified atom stereocenters. The Kier molecular flexibility index (Phi) is 4.03. The van der Waals surface area contributed by atoms with E-state index in [2.05, 4.69) is 4.40 Å². The molecule has 0 atom stereocenters. The maximum atomic E-state index is 12.0. The summed E-state index contributed by atoms with van der Waals surface area (Å²) in [7, 11) is -3.89. The molecule has 1 fully saturated rings. The van der Waals surface area contributed by atoms with Crippen molar-refractivity contribution in [3.63, 3.8) is 0 Å². The summed E-state index contributed by atoms with van der Waals surface area (Å²) in [5, 5.41) is 11.3. The van der Waals surface area contributed by atoms with Gasteiger partial charge in [-0.05, 0) is 44.8 Å². The van der Waals surface area contributed by atoms with E-state index in [0.29, 0.717) is 25.9 Å². The van der Waals surface area contributed by atoms with Gasteiger partial charge in [0, 0.05) is 0 Å². The van der Waals surface area contributed by atoms with Crippen molar-refractivity contribution in [2.45, 2.75) is 18.3 Å². The third kappa shape index (κ3) is 3.56. The number of hydrogen-bond acceptors (Lipinski definition) is 4. The average Bonchev–Trinajstić information content (AvgIpc) is 2.16. The zero-order chi connectivity index (χ0) is 13.3. The molecule has 0 spiro atoms. The van der Waals surface area contributed by atoms with Crippen molar-refractivity contribution in [2.24, 2.45) is 10.3 Å². The van der Waals surface area contributed by atoms with Crippen LogP contribution in [0.2, 0.25) is 0 Å². The van der Waals surface area contributed by atoms with Gasteiger partial charge in [0.05, 0.1) is 0 Å². The Bertz CT molecular complexity index is 397. The second-order valence-electron chi connectivity index (χ2n) is 3.93. The molecule has 100 valence electrons. The fourth-order valence-electron chi connectivity index (χ4n) is 1.50. The highest BCUT2D eigenvalue weighted by molar-refractivity contribution is 7.91. The van der Waals surface area contributed by atoms with Gasteiger partial charge in [0.1, 0.15) is 0 Å². The highest BCUT2D eigenvalue weighted by atomic mass is 32.2. The molecule has 1 aliphatic rings. The molecule has 5 nitrogen and oxygen atoms in total. The van der Waals surface area contributed by atoms with Gasteiger partial charge in [-0.1, -0.05) is 0 Å². The molecule has 17 heavy (non-hydrogen) atoms. The average molecular weight is 273 g/mol. The first-order valence-electron chi connectivity index (χ1n) is 4.90. The SMILES string of the molecule is CN1CCC(/C([O-])=N/S(=O)(=O)C(F)(F)F)CC1. The van der Waals surface area contributed by atoms with E-state index in [1.807, 2.05) is 11.9 Å². The lowest BCUT2D eigenvalue weighted by Gasteiger charge is -2.31. The zero-order valence-corrected chi connectivity index (χ0v) is 9.88. The number of alkyl halides is 3. The fraction of sp³-hybridized carbons (Fsp3) is 0.875. The number of hydrogen-bond donors (Lipinski definition) is 0. The minimum absolute atomic E-state index is 0.326. The predicted molar refractivity (Wildman–Crippen MR) is 52.6 cm³/mol. The maximum absolute atomic E-state index is 12.0. The summed E-state index contributed by atoms with van der Waals surface area (Å²) in [6, 6.07) is 0. The number of nitrogens with zero attached hydrogens (tertiary/aromatic N) is 2. The first-order chi connectivity index (χ1) is 7.63. The standard InChI is InChI=1S/C8H13F3N2O3S/c1-13-4-2-6(3-5-13)7(14)12-17(15,16)8(9,10)11/h6H,2-5H2,1H3,(H,12,14)/p-1. The molecule has 0 aliphatic carbocycles. The monoisotopic (exact) mass is 273 g/mol. The highest BCUT2D eigenvalue weighted by Crippen LogP contribution is 2.26. The van der Waals surface area contributed by atoms with E-state index in [1.165, 1.54) is 0 Å². The van der Waals surface area contributed by atoms with Gasteiger partial charge in [-0.15, -0.1) is 0 Å². The number of likely N-dealkylation sites (tertiary alicyclic amines) is 1. The molecule has 0 radical (unpaired) electrons. The summed E-state index contributed by atoms with van der Waals surface area (Å²) in [5.74, 6) is -1.93. The number of sulfonamides is 1. The lowest BCUT2D eigenvalue weighted by molar-refractivity contribution is -0.224. The van der Waals surface area contributed by atoms with Crippen LogP contribution in [0.4, 0.5) is 13.2 Å². The molecule has 1 saturated heterocycles. The first-order valence-corrected chi connectivity index (χ1v) is 6.34. The van der Waals surface area contributed by atoms with Crippen molar-refractivity contribution in [2.75, 3.05) is 20.1 Å². The molecule has 1 rings (SSSR count). The van der Waals surface area contributed by atoms with E-state index in [9.17, 15) is 26.7 Å². The van der Waals surface area contributed by atoms with E-state index in [4.69, 9.17) is 0 Å². The van der Waals surface area contributed by atoms with Crippen molar-refractivity contribution in [1.29, 1.82) is 0 Å². The van der Waals surface area contributed by atoms with Crippen molar-refractivity contribution < 1.29 is 26.7 Å². The Hall–Kier alpha value is -0.830. The van der Waals surface area contributed by atoms with Crippen molar-refractivity contribution in [3.8, 4) is 0 Å². The highest BCUT2D eigenvalue weighted by Gasteiger charge is 2.45. The molecule has 0 amide bonds. The first kappa shape index (κ1) is 14.2. The molecule has 0 N–H and O–H groups in total. The third-order valence-electron chi connectivity index (χ3n) is 2.57. The van der Waals surface area contributed by atoms with Crippen LogP contribution in [0.5, 0.6) is 0 Å². The van der Waals surface area contributed by atoms with E-state index >= 15 is 0 Å². The third-order valence-corrected chi connectivity index (χ3v) is 3.58. The summed E-state index contributed by atoms with van der Waals surface area (Å²) in [4.78, 5) is 1.90. The van der Waals surface area contributed by atoms with Gasteiger partial charge in [0.2, 0.25) is 0 Å². The molecule has 0 saturated carbocycles. The molecule has 0 aromatic rings. The minimum Gasteiger partial charge on any atom is -0.861 e. The summed E-state index contributed by atoms with van der Waals surface area (Å²) in [5.41, 5.74) is -5.51. The minimum atomic E-state index is -5.70. The van der Waals surface area contributed by atoms with Crippen LogP contribution in [0.25, 0.3) is 0 Å². The Morgan fingerprint density at radius 1 is 1.35 bits per heavy atom. The molecule has 0 bridgehead atoms. The smallest absolute Gasteiger partial charge is 0.518 e. The van der Waals surface area contributed by atoms with Gasteiger partial charge in [0.15, 0.2) is 0 Å². The summed E-state index contributed by atoms with van der Waals surface area (Å²) >= 11 is 0. The maximum Gasteiger partial charge on any atom is 0.518 e. The Balaban J connectivity index is 2.80. The molecule has 1 heterocycles. The Morgan fingerprint density at radius 2 is 1.82 bits per heavy atom. The van der Waals surface area contributed by atoms with Crippen molar-refractivity contribution >= 4 is 15.9 Å². The second kappa shape index (κ2) is 4.81.